The van der Waals surface area contributed by atoms with Gasteiger partial charge in [-0.2, -0.15) is 0 Å². The van der Waals surface area contributed by atoms with E-state index in [4.69, 9.17) is 4.74 Å². The highest BCUT2D eigenvalue weighted by Gasteiger charge is 2.13. The number of piperidine rings is 1. The van der Waals surface area contributed by atoms with E-state index >= 15 is 0 Å². The number of nitrogens with zero attached hydrogens (tertiary/aromatic N) is 3. The first-order valence-electron chi connectivity index (χ1n) is 12.1. The summed E-state index contributed by atoms with van der Waals surface area (Å²) in [4.78, 5) is 23.1. The third-order valence-electron chi connectivity index (χ3n) is 5.87. The second-order valence-corrected chi connectivity index (χ2v) is 8.69. The molecule has 1 heterocycles. The molecule has 1 fully saturated rings. The molecule has 1 unspecified atom stereocenters. The SMILES string of the molecule is O=[N+]([O-])C=C(NCCCOc1cccc(CN2CCCCC2)c1)NCC(O)c1ccc([N+](=O)[O-])cc1. The topological polar surface area (TPSA) is 143 Å². The van der Waals surface area contributed by atoms with E-state index in [-0.39, 0.29) is 18.1 Å². The zero-order chi connectivity index (χ0) is 25.8. The number of aliphatic hydroxyl groups is 1. The van der Waals surface area contributed by atoms with Gasteiger partial charge in [-0.15, -0.1) is 0 Å². The molecular weight excluding hydrogens is 466 g/mol. The Hall–Kier alpha value is -3.70. The molecule has 0 saturated carbocycles. The predicted octanol–water partition coefficient (Wildman–Crippen LogP) is 3.34. The molecule has 3 N–H and O–H groups in total. The fraction of sp³-hybridized carbons (Fsp3) is 0.440. The average molecular weight is 500 g/mol. The van der Waals surface area contributed by atoms with Crippen molar-refractivity contribution in [2.45, 2.75) is 38.3 Å². The lowest BCUT2D eigenvalue weighted by molar-refractivity contribution is -0.404. The number of hydrogen-bond acceptors (Lipinski definition) is 9. The van der Waals surface area contributed by atoms with E-state index < -0.39 is 16.0 Å². The summed E-state index contributed by atoms with van der Waals surface area (Å²) in [7, 11) is 0. The number of rotatable bonds is 14. The zero-order valence-electron chi connectivity index (χ0n) is 20.2. The van der Waals surface area contributed by atoms with Crippen LogP contribution in [0.5, 0.6) is 5.75 Å². The molecule has 0 radical (unpaired) electrons. The third-order valence-corrected chi connectivity index (χ3v) is 5.87. The average Bonchev–Trinajstić information content (AvgIpc) is 2.87. The van der Waals surface area contributed by atoms with Crippen LogP contribution in [-0.2, 0) is 6.54 Å². The molecular formula is C25H33N5O6. The van der Waals surface area contributed by atoms with E-state index in [1.54, 1.807) is 0 Å². The number of nitrogens with one attached hydrogen (secondary N) is 2. The van der Waals surface area contributed by atoms with Gasteiger partial charge in [0.05, 0.1) is 22.6 Å². The Morgan fingerprint density at radius 2 is 1.83 bits per heavy atom. The summed E-state index contributed by atoms with van der Waals surface area (Å²) in [5.74, 6) is 0.958. The molecule has 2 aromatic carbocycles. The second-order valence-electron chi connectivity index (χ2n) is 8.69. The molecule has 11 heteroatoms. The molecule has 0 aliphatic carbocycles. The largest absolute Gasteiger partial charge is 0.494 e. The number of likely N-dealkylation sites (tertiary alicyclic amines) is 1. The maximum atomic E-state index is 11.0. The van der Waals surface area contributed by atoms with E-state index in [2.05, 4.69) is 27.7 Å². The van der Waals surface area contributed by atoms with Gasteiger partial charge < -0.3 is 20.5 Å². The van der Waals surface area contributed by atoms with E-state index in [0.717, 1.165) is 31.6 Å². The van der Waals surface area contributed by atoms with Crippen molar-refractivity contribution in [1.29, 1.82) is 0 Å². The minimum Gasteiger partial charge on any atom is -0.494 e. The standard InChI is InChI=1S/C25H33N5O6/c31-24(21-8-10-22(11-9-21)30(34)35)17-27-25(19-29(32)33)26-12-5-15-36-23-7-4-6-20(16-23)18-28-13-2-1-3-14-28/h4,6-11,16,19,24,26-27,31H,1-3,5,12-15,17-18H2. The van der Waals surface area contributed by atoms with Gasteiger partial charge in [0, 0.05) is 31.8 Å². The number of ether oxygens (including phenoxy) is 1. The van der Waals surface area contributed by atoms with Crippen LogP contribution in [0, 0.1) is 20.2 Å². The van der Waals surface area contributed by atoms with Gasteiger partial charge in [-0.25, -0.2) is 0 Å². The van der Waals surface area contributed by atoms with Gasteiger partial charge in [-0.3, -0.25) is 25.1 Å². The first-order chi connectivity index (χ1) is 17.4. The summed E-state index contributed by atoms with van der Waals surface area (Å²) in [6, 6.07) is 13.6. The van der Waals surface area contributed by atoms with Crippen molar-refractivity contribution in [3.63, 3.8) is 0 Å². The number of nitro benzene ring substituents is 1. The Morgan fingerprint density at radius 3 is 2.53 bits per heavy atom. The van der Waals surface area contributed by atoms with Crippen molar-refractivity contribution in [2.24, 2.45) is 0 Å². The Kier molecular flexibility index (Phi) is 10.5. The smallest absolute Gasteiger partial charge is 0.274 e. The van der Waals surface area contributed by atoms with Crippen LogP contribution >= 0.6 is 0 Å². The van der Waals surface area contributed by atoms with Crippen LogP contribution in [0.4, 0.5) is 5.69 Å². The van der Waals surface area contributed by atoms with E-state index in [0.29, 0.717) is 25.1 Å². The molecule has 36 heavy (non-hydrogen) atoms. The monoisotopic (exact) mass is 499 g/mol. The highest BCUT2D eigenvalue weighted by Crippen LogP contribution is 2.19. The molecule has 194 valence electrons. The maximum Gasteiger partial charge on any atom is 0.274 e. The summed E-state index contributed by atoms with van der Waals surface area (Å²) >= 11 is 0. The summed E-state index contributed by atoms with van der Waals surface area (Å²) in [6.07, 6.45) is 4.22. The van der Waals surface area contributed by atoms with Gasteiger partial charge in [0.2, 0.25) is 0 Å². The summed E-state index contributed by atoms with van der Waals surface area (Å²) in [6.45, 7) is 4.05. The van der Waals surface area contributed by atoms with E-state index in [9.17, 15) is 25.3 Å². The third kappa shape index (κ3) is 9.16. The molecule has 1 aliphatic heterocycles. The Morgan fingerprint density at radius 1 is 1.08 bits per heavy atom. The highest BCUT2D eigenvalue weighted by molar-refractivity contribution is 5.34. The molecule has 11 nitrogen and oxygen atoms in total. The highest BCUT2D eigenvalue weighted by atomic mass is 16.6. The van der Waals surface area contributed by atoms with Gasteiger partial charge in [-0.05, 0) is 67.7 Å². The van der Waals surface area contributed by atoms with E-state index in [1.165, 1.54) is 49.1 Å². The van der Waals surface area contributed by atoms with Gasteiger partial charge in [0.1, 0.15) is 5.75 Å². The summed E-state index contributed by atoms with van der Waals surface area (Å²) in [5, 5.41) is 37.8. The molecule has 1 saturated heterocycles. The predicted molar refractivity (Wildman–Crippen MR) is 135 cm³/mol. The van der Waals surface area contributed by atoms with Crippen molar-refractivity contribution < 1.29 is 19.7 Å². The molecule has 1 aliphatic rings. The van der Waals surface area contributed by atoms with Crippen molar-refractivity contribution in [3.8, 4) is 5.75 Å². The first-order valence-corrected chi connectivity index (χ1v) is 12.1. The van der Waals surface area contributed by atoms with Gasteiger partial charge >= 0.3 is 0 Å². The second kappa shape index (κ2) is 14.0. The number of non-ortho nitro benzene ring substituents is 1. The molecule has 0 aromatic heterocycles. The Bertz CT molecular complexity index is 1020. The molecule has 0 bridgehead atoms. The summed E-state index contributed by atoms with van der Waals surface area (Å²) < 4.78 is 5.86. The molecule has 3 rings (SSSR count). The number of benzene rings is 2. The van der Waals surface area contributed by atoms with Crippen LogP contribution in [-0.4, -0.2) is 52.6 Å². The normalized spacial score (nSPS) is 15.2. The molecule has 2 aromatic rings. The number of aliphatic hydroxyl groups excluding tert-OH is 1. The van der Waals surface area contributed by atoms with Gasteiger partial charge in [0.25, 0.3) is 11.9 Å². The lowest BCUT2D eigenvalue weighted by Crippen LogP contribution is -2.31. The fourth-order valence-electron chi connectivity index (χ4n) is 4.00. The van der Waals surface area contributed by atoms with Gasteiger partial charge in [-0.1, -0.05) is 18.6 Å². The lowest BCUT2D eigenvalue weighted by Gasteiger charge is -2.26. The minimum absolute atomic E-state index is 0.00913. The minimum atomic E-state index is -0.997. The van der Waals surface area contributed by atoms with Gasteiger partial charge in [0.15, 0.2) is 5.82 Å². The van der Waals surface area contributed by atoms with Crippen molar-refractivity contribution >= 4 is 5.69 Å². The van der Waals surface area contributed by atoms with Crippen LogP contribution in [0.1, 0.15) is 42.9 Å². The van der Waals surface area contributed by atoms with E-state index in [1.807, 2.05) is 12.1 Å². The zero-order valence-corrected chi connectivity index (χ0v) is 20.2. The number of hydrogen-bond donors (Lipinski definition) is 3. The quantitative estimate of drug-likeness (QED) is 0.203. The fourth-order valence-corrected chi connectivity index (χ4v) is 4.00. The Balaban J connectivity index is 1.40. The summed E-state index contributed by atoms with van der Waals surface area (Å²) in [5.41, 5.74) is 1.61. The van der Waals surface area contributed by atoms with Crippen molar-refractivity contribution in [3.05, 3.63) is 91.9 Å². The Labute approximate surface area is 210 Å². The molecule has 0 spiro atoms. The number of nitro groups is 2. The van der Waals surface area contributed by atoms with Crippen LogP contribution in [0.3, 0.4) is 0 Å². The van der Waals surface area contributed by atoms with Crippen molar-refractivity contribution in [1.82, 2.24) is 15.5 Å². The first kappa shape index (κ1) is 26.9. The lowest BCUT2D eigenvalue weighted by atomic mass is 10.1. The molecule has 1 atom stereocenters. The molecule has 0 amide bonds. The maximum absolute atomic E-state index is 11.0. The van der Waals surface area contributed by atoms with Crippen LogP contribution in [0.2, 0.25) is 0 Å². The van der Waals surface area contributed by atoms with Crippen LogP contribution in [0.15, 0.2) is 60.6 Å². The van der Waals surface area contributed by atoms with Crippen LogP contribution in [0.25, 0.3) is 0 Å². The van der Waals surface area contributed by atoms with Crippen molar-refractivity contribution in [2.75, 3.05) is 32.8 Å². The van der Waals surface area contributed by atoms with Crippen LogP contribution < -0.4 is 15.4 Å².